The van der Waals surface area contributed by atoms with E-state index in [4.69, 9.17) is 5.16 Å². The quantitative estimate of drug-likeness (QED) is 0.250. The Morgan fingerprint density at radius 2 is 1.00 bits per heavy atom. The fourth-order valence-electron chi connectivity index (χ4n) is 0. The summed E-state index contributed by atoms with van der Waals surface area (Å²) >= 11 is 0. The first-order valence-corrected chi connectivity index (χ1v) is 0.258. The molecule has 0 rings (SSSR count). The topological polar surface area (TPSA) is 23.8 Å². The van der Waals surface area contributed by atoms with Crippen LogP contribution in [0.1, 0.15) is 4.28 Å². The van der Waals surface area contributed by atoms with Crippen LogP contribution in [-0.4, -0.2) is 7.49 Å². The second-order valence-corrected chi connectivity index (χ2v) is 0. The van der Waals surface area contributed by atoms with Gasteiger partial charge < -0.3 is 4.28 Å². The van der Waals surface area contributed by atoms with E-state index in [1.807, 2.05) is 0 Å². The molecule has 0 unspecified atom stereocenters. The molecular formula is H3BLi3N. The van der Waals surface area contributed by atoms with E-state index in [1.54, 1.807) is 0 Å². The van der Waals surface area contributed by atoms with Crippen LogP contribution in [0.2, 0.25) is 0 Å². The van der Waals surface area contributed by atoms with E-state index in [9.17, 15) is 0 Å². The van der Waals surface area contributed by atoms with E-state index < -0.39 is 0 Å². The van der Waals surface area contributed by atoms with Crippen LogP contribution in [0.5, 0.6) is 0 Å². The van der Waals surface area contributed by atoms with Crippen LogP contribution >= 0.6 is 0 Å². The van der Waals surface area contributed by atoms with Crippen LogP contribution in [-0.2, 0) is 0 Å². The minimum absolute atomic E-state index is 0. The van der Waals surface area contributed by atoms with Crippen molar-refractivity contribution in [3.63, 3.8) is 0 Å². The Kier molecular flexibility index (Phi) is 292. The summed E-state index contributed by atoms with van der Waals surface area (Å²) in [5, 5.41) is 6.50. The molecule has 0 radical (unpaired) electrons. The average Bonchev–Trinajstić information content (AvgIpc) is 1.00. The van der Waals surface area contributed by atoms with Gasteiger partial charge in [-0.05, 0) is 0 Å². The summed E-state index contributed by atoms with van der Waals surface area (Å²) in [6.07, 6.45) is 0. The Labute approximate surface area is 73.3 Å². The normalized spacial score (nSPS) is 1.00. The molecule has 0 aliphatic rings. The molecule has 0 bridgehead atoms. The first kappa shape index (κ1) is 30.9. The smallest absolute Gasteiger partial charge is 1.00 e. The van der Waals surface area contributed by atoms with Crippen molar-refractivity contribution in [2.45, 2.75) is 0 Å². The van der Waals surface area contributed by atoms with Crippen LogP contribution in [0.4, 0.5) is 0 Å². The largest absolute Gasteiger partial charge is 1.00 e. The summed E-state index contributed by atoms with van der Waals surface area (Å²) in [4.78, 5) is 0. The van der Waals surface area contributed by atoms with Gasteiger partial charge in [-0.1, -0.05) is 0 Å². The molecule has 0 atom stereocenters. The Hall–Kier alpha value is 1.57. The molecule has 0 aromatic rings. The van der Waals surface area contributed by atoms with Crippen molar-refractivity contribution in [1.29, 1.82) is 5.16 Å². The fraction of sp³-hybridized carbons (Fsp3) is 0. The van der Waals surface area contributed by atoms with Crippen molar-refractivity contribution in [1.82, 2.24) is 0 Å². The van der Waals surface area contributed by atoms with Crippen LogP contribution in [0, 0.1) is 5.16 Å². The molecule has 0 fully saturated rings. The molecule has 14 valence electrons. The number of nitrogens with zero attached hydrogens (tertiary/aromatic N) is 1. The summed E-state index contributed by atoms with van der Waals surface area (Å²) in [5.41, 5.74) is 0. The predicted molar refractivity (Wildman–Crippen MR) is 10.8 cm³/mol. The zero-order chi connectivity index (χ0) is 2.00. The molecule has 5 heteroatoms. The molecular weight excluding hydrogens is 45.6 g/mol. The number of hydrogen-bond donors (Lipinski definition) is 0. The zero-order valence-electron chi connectivity index (χ0n) is 7.02. The third kappa shape index (κ3) is 28.8. The zero-order valence-corrected chi connectivity index (χ0v) is 4.02. The van der Waals surface area contributed by atoms with Gasteiger partial charge in [0.05, 0.1) is 0 Å². The molecule has 0 saturated carbocycles. The SMILES string of the molecule is B#N.[H-].[H-].[H-].[Li+].[Li+].[Li+]. The molecule has 5 heavy (non-hydrogen) atoms. The Bertz CT molecular complexity index is 19.2. The summed E-state index contributed by atoms with van der Waals surface area (Å²) in [7, 11) is 3.50. The van der Waals surface area contributed by atoms with E-state index in [2.05, 4.69) is 7.49 Å². The predicted octanol–water partition coefficient (Wildman–Crippen LogP) is -9.02. The third-order valence-electron chi connectivity index (χ3n) is 0. The van der Waals surface area contributed by atoms with E-state index >= 15 is 0 Å². The van der Waals surface area contributed by atoms with Gasteiger partial charge in [-0.2, -0.15) is 0 Å². The van der Waals surface area contributed by atoms with Gasteiger partial charge in [0.25, 0.3) is 0 Å². The Morgan fingerprint density at radius 1 is 1.00 bits per heavy atom. The average molecular weight is 48.7 g/mol. The van der Waals surface area contributed by atoms with Crippen LogP contribution in [0.3, 0.4) is 0 Å². The van der Waals surface area contributed by atoms with Crippen molar-refractivity contribution in [3.05, 3.63) is 0 Å². The van der Waals surface area contributed by atoms with E-state index in [0.717, 1.165) is 0 Å². The van der Waals surface area contributed by atoms with Crippen molar-refractivity contribution in [2.24, 2.45) is 0 Å². The summed E-state index contributed by atoms with van der Waals surface area (Å²) < 4.78 is 0. The fourth-order valence-corrected chi connectivity index (χ4v) is 0. The van der Waals surface area contributed by atoms with Gasteiger partial charge in [-0.3, -0.25) is 0 Å². The van der Waals surface area contributed by atoms with Gasteiger partial charge >= 0.3 is 69.2 Å². The van der Waals surface area contributed by atoms with E-state index in [1.165, 1.54) is 0 Å². The third-order valence-corrected chi connectivity index (χ3v) is 0. The number of hydrogen-bond acceptors (Lipinski definition) is 1. The van der Waals surface area contributed by atoms with E-state index in [0.29, 0.717) is 0 Å². The minimum atomic E-state index is 0. The maximum absolute atomic E-state index is 6.50. The first-order chi connectivity index (χ1) is 1.00. The van der Waals surface area contributed by atoms with Gasteiger partial charge in [0.15, 0.2) is 0 Å². The molecule has 0 aliphatic heterocycles. The maximum atomic E-state index is 6.50. The standard InChI is InChI=1S/BN.3Li.3H/c1-2;;;;;;/q;3*+1;3*-1. The van der Waals surface area contributed by atoms with Gasteiger partial charge in [-0.15, -0.1) is 0 Å². The summed E-state index contributed by atoms with van der Waals surface area (Å²) in [6.45, 7) is 0. The minimum Gasteiger partial charge on any atom is -1.00 e. The van der Waals surface area contributed by atoms with Gasteiger partial charge in [0.2, 0.25) is 0 Å². The molecule has 0 spiro atoms. The van der Waals surface area contributed by atoms with Crippen molar-refractivity contribution in [3.8, 4) is 0 Å². The van der Waals surface area contributed by atoms with E-state index in [-0.39, 0.29) is 60.9 Å². The molecule has 0 amide bonds. The molecule has 1 nitrogen and oxygen atoms in total. The molecule has 0 saturated heterocycles. The number of rotatable bonds is 0. The Morgan fingerprint density at radius 3 is 1.00 bits per heavy atom. The second-order valence-electron chi connectivity index (χ2n) is 0. The van der Waals surface area contributed by atoms with Gasteiger partial charge in [0.1, 0.15) is 0 Å². The molecule has 0 heterocycles. The van der Waals surface area contributed by atoms with Crippen LogP contribution < -0.4 is 56.6 Å². The van der Waals surface area contributed by atoms with Crippen molar-refractivity contribution in [2.75, 3.05) is 0 Å². The van der Waals surface area contributed by atoms with Gasteiger partial charge in [-0.25, -0.2) is 0 Å². The van der Waals surface area contributed by atoms with Crippen molar-refractivity contribution >= 4 is 7.49 Å². The second kappa shape index (κ2) is 47.3. The first-order valence-electron chi connectivity index (χ1n) is 0.258. The van der Waals surface area contributed by atoms with Crippen molar-refractivity contribution < 1.29 is 60.9 Å². The monoisotopic (exact) mass is 49.1 g/mol. The van der Waals surface area contributed by atoms with Crippen LogP contribution in [0.15, 0.2) is 0 Å². The maximum Gasteiger partial charge on any atom is 1.00 e. The summed E-state index contributed by atoms with van der Waals surface area (Å²) in [6, 6.07) is 0. The molecule has 0 aromatic heterocycles. The van der Waals surface area contributed by atoms with Gasteiger partial charge in [0, 0.05) is 0 Å². The summed E-state index contributed by atoms with van der Waals surface area (Å²) in [5.74, 6) is 0. The molecule has 0 aliphatic carbocycles. The Balaban J connectivity index is -0.000000000333. The van der Waals surface area contributed by atoms with Crippen LogP contribution in [0.25, 0.3) is 0 Å². The molecule has 0 N–H and O–H groups in total. The molecule has 0 aromatic carbocycles.